The van der Waals surface area contributed by atoms with Crippen molar-refractivity contribution in [3.05, 3.63) is 17.8 Å². The summed E-state index contributed by atoms with van der Waals surface area (Å²) in [6, 6.07) is 1.93. The Hall–Kier alpha value is -1.25. The SMILES string of the molecule is Cc1ccnc(OC2CC3CCC2(C)C3(C)C)c1N. The van der Waals surface area contributed by atoms with Gasteiger partial charge in [0.05, 0.1) is 5.69 Å². The number of rotatable bonds is 2. The van der Waals surface area contributed by atoms with E-state index in [-0.39, 0.29) is 11.5 Å². The Morgan fingerprint density at radius 1 is 1.37 bits per heavy atom. The molecule has 0 radical (unpaired) electrons. The molecular formula is C16H24N2O. The Morgan fingerprint density at radius 3 is 2.68 bits per heavy atom. The highest BCUT2D eigenvalue weighted by molar-refractivity contribution is 5.53. The number of nitrogen functional groups attached to an aromatic ring is 1. The van der Waals surface area contributed by atoms with E-state index >= 15 is 0 Å². The topological polar surface area (TPSA) is 48.1 Å². The van der Waals surface area contributed by atoms with Gasteiger partial charge < -0.3 is 10.5 Å². The van der Waals surface area contributed by atoms with Crippen molar-refractivity contribution < 1.29 is 4.74 Å². The van der Waals surface area contributed by atoms with E-state index in [1.165, 1.54) is 12.8 Å². The molecule has 2 bridgehead atoms. The van der Waals surface area contributed by atoms with E-state index in [0.717, 1.165) is 17.9 Å². The average molecular weight is 260 g/mol. The van der Waals surface area contributed by atoms with Crippen molar-refractivity contribution in [2.24, 2.45) is 16.7 Å². The molecule has 2 aliphatic carbocycles. The third kappa shape index (κ3) is 1.60. The number of nitrogens with two attached hydrogens (primary N) is 1. The first-order valence-electron chi connectivity index (χ1n) is 7.24. The predicted molar refractivity (Wildman–Crippen MR) is 77.0 cm³/mol. The molecule has 104 valence electrons. The second-order valence-corrected chi connectivity index (χ2v) is 7.06. The number of ether oxygens (including phenoxy) is 1. The number of hydrogen-bond acceptors (Lipinski definition) is 3. The van der Waals surface area contributed by atoms with Crippen LogP contribution in [0.15, 0.2) is 12.3 Å². The van der Waals surface area contributed by atoms with Crippen LogP contribution in [0.2, 0.25) is 0 Å². The smallest absolute Gasteiger partial charge is 0.237 e. The molecule has 1 aromatic heterocycles. The molecule has 3 atom stereocenters. The zero-order chi connectivity index (χ0) is 13.8. The molecule has 1 heterocycles. The summed E-state index contributed by atoms with van der Waals surface area (Å²) in [5.41, 5.74) is 8.41. The highest BCUT2D eigenvalue weighted by atomic mass is 16.5. The van der Waals surface area contributed by atoms with Crippen LogP contribution in [-0.2, 0) is 0 Å². The molecule has 1 aromatic rings. The number of aromatic nitrogens is 1. The first-order chi connectivity index (χ1) is 8.86. The van der Waals surface area contributed by atoms with E-state index in [2.05, 4.69) is 25.8 Å². The lowest BCUT2D eigenvalue weighted by Gasteiger charge is -2.38. The summed E-state index contributed by atoms with van der Waals surface area (Å²) in [5, 5.41) is 0. The predicted octanol–water partition coefficient (Wildman–Crippen LogP) is 3.57. The number of anilines is 1. The largest absolute Gasteiger partial charge is 0.472 e. The zero-order valence-corrected chi connectivity index (χ0v) is 12.4. The van der Waals surface area contributed by atoms with Gasteiger partial charge in [0.15, 0.2) is 0 Å². The van der Waals surface area contributed by atoms with Crippen molar-refractivity contribution in [2.75, 3.05) is 5.73 Å². The monoisotopic (exact) mass is 260 g/mol. The lowest BCUT2D eigenvalue weighted by Crippen LogP contribution is -2.39. The molecular weight excluding hydrogens is 236 g/mol. The maximum atomic E-state index is 6.22. The molecule has 0 spiro atoms. The van der Waals surface area contributed by atoms with E-state index in [0.29, 0.717) is 17.0 Å². The van der Waals surface area contributed by atoms with E-state index in [1.807, 2.05) is 13.0 Å². The minimum absolute atomic E-state index is 0.246. The van der Waals surface area contributed by atoms with Crippen LogP contribution in [-0.4, -0.2) is 11.1 Å². The Labute approximate surface area is 115 Å². The van der Waals surface area contributed by atoms with E-state index in [9.17, 15) is 0 Å². The molecule has 2 fully saturated rings. The molecule has 2 N–H and O–H groups in total. The summed E-state index contributed by atoms with van der Waals surface area (Å²) in [4.78, 5) is 4.32. The van der Waals surface area contributed by atoms with Crippen LogP contribution in [0.3, 0.4) is 0 Å². The summed E-state index contributed by atoms with van der Waals surface area (Å²) < 4.78 is 6.22. The van der Waals surface area contributed by atoms with Crippen LogP contribution in [0.4, 0.5) is 5.69 Å². The van der Waals surface area contributed by atoms with Gasteiger partial charge in [-0.15, -0.1) is 0 Å². The minimum Gasteiger partial charge on any atom is -0.472 e. The molecule has 0 aromatic carbocycles. The Bertz CT molecular complexity index is 511. The Balaban J connectivity index is 1.88. The molecule has 0 aliphatic heterocycles. The summed E-state index contributed by atoms with van der Waals surface area (Å²) >= 11 is 0. The van der Waals surface area contributed by atoms with Gasteiger partial charge in [0, 0.05) is 11.6 Å². The third-order valence-corrected chi connectivity index (χ3v) is 6.14. The van der Waals surface area contributed by atoms with Gasteiger partial charge in [-0.2, -0.15) is 0 Å². The van der Waals surface area contributed by atoms with Gasteiger partial charge in [-0.05, 0) is 49.1 Å². The van der Waals surface area contributed by atoms with Gasteiger partial charge in [-0.1, -0.05) is 20.8 Å². The highest BCUT2D eigenvalue weighted by Crippen LogP contribution is 2.66. The molecule has 19 heavy (non-hydrogen) atoms. The fraction of sp³-hybridized carbons (Fsp3) is 0.688. The van der Waals surface area contributed by atoms with Gasteiger partial charge in [-0.3, -0.25) is 0 Å². The first kappa shape index (κ1) is 12.8. The van der Waals surface area contributed by atoms with Crippen LogP contribution in [0, 0.1) is 23.7 Å². The summed E-state index contributed by atoms with van der Waals surface area (Å²) in [6.07, 6.45) is 5.75. The fourth-order valence-corrected chi connectivity index (χ4v) is 4.08. The van der Waals surface area contributed by atoms with E-state index in [1.54, 1.807) is 6.20 Å². The summed E-state index contributed by atoms with van der Waals surface area (Å²) in [7, 11) is 0. The van der Waals surface area contributed by atoms with Crippen molar-refractivity contribution in [3.63, 3.8) is 0 Å². The van der Waals surface area contributed by atoms with Crippen molar-refractivity contribution in [1.82, 2.24) is 4.98 Å². The summed E-state index contributed by atoms with van der Waals surface area (Å²) in [6.45, 7) is 9.15. The normalized spacial score (nSPS) is 35.6. The zero-order valence-electron chi connectivity index (χ0n) is 12.4. The molecule has 3 nitrogen and oxygen atoms in total. The van der Waals surface area contributed by atoms with Gasteiger partial charge in [0.25, 0.3) is 0 Å². The molecule has 2 aliphatic rings. The summed E-state index contributed by atoms with van der Waals surface area (Å²) in [5.74, 6) is 1.39. The second kappa shape index (κ2) is 3.87. The lowest BCUT2D eigenvalue weighted by atomic mass is 9.70. The van der Waals surface area contributed by atoms with Crippen LogP contribution in [0.5, 0.6) is 5.88 Å². The molecule has 3 unspecified atom stereocenters. The number of nitrogens with zero attached hydrogens (tertiary/aromatic N) is 1. The van der Waals surface area contributed by atoms with Gasteiger partial charge >= 0.3 is 0 Å². The Kier molecular flexibility index (Phi) is 2.60. The quantitative estimate of drug-likeness (QED) is 0.884. The molecule has 0 amide bonds. The molecule has 3 rings (SSSR count). The standard InChI is InChI=1S/C16H24N2O/c1-10-6-8-18-14(13(10)17)19-12-9-11-5-7-16(12,4)15(11,2)3/h6,8,11-12H,5,7,9,17H2,1-4H3. The molecule has 3 heteroatoms. The Morgan fingerprint density at radius 2 is 2.11 bits per heavy atom. The van der Waals surface area contributed by atoms with Crippen molar-refractivity contribution >= 4 is 5.69 Å². The van der Waals surface area contributed by atoms with E-state index in [4.69, 9.17) is 10.5 Å². The highest BCUT2D eigenvalue weighted by Gasteiger charge is 2.62. The van der Waals surface area contributed by atoms with Gasteiger partial charge in [0.1, 0.15) is 6.10 Å². The van der Waals surface area contributed by atoms with Crippen LogP contribution in [0.1, 0.15) is 45.6 Å². The van der Waals surface area contributed by atoms with Crippen LogP contribution >= 0.6 is 0 Å². The average Bonchev–Trinajstić information content (AvgIpc) is 2.68. The van der Waals surface area contributed by atoms with Crippen LogP contribution < -0.4 is 10.5 Å². The van der Waals surface area contributed by atoms with Crippen molar-refractivity contribution in [1.29, 1.82) is 0 Å². The lowest BCUT2D eigenvalue weighted by molar-refractivity contribution is 0.0278. The molecule has 0 saturated heterocycles. The number of fused-ring (bicyclic) bond motifs is 2. The first-order valence-corrected chi connectivity index (χ1v) is 7.24. The van der Waals surface area contributed by atoms with Crippen LogP contribution in [0.25, 0.3) is 0 Å². The maximum Gasteiger partial charge on any atom is 0.237 e. The number of aryl methyl sites for hydroxylation is 1. The number of pyridine rings is 1. The van der Waals surface area contributed by atoms with E-state index < -0.39 is 0 Å². The van der Waals surface area contributed by atoms with Crippen molar-refractivity contribution in [3.8, 4) is 5.88 Å². The third-order valence-electron chi connectivity index (χ3n) is 6.14. The maximum absolute atomic E-state index is 6.22. The van der Waals surface area contributed by atoms with Crippen molar-refractivity contribution in [2.45, 2.75) is 53.1 Å². The molecule has 2 saturated carbocycles. The van der Waals surface area contributed by atoms with Gasteiger partial charge in [-0.25, -0.2) is 4.98 Å². The fourth-order valence-electron chi connectivity index (χ4n) is 4.08. The van der Waals surface area contributed by atoms with Gasteiger partial charge in [0.2, 0.25) is 5.88 Å². The minimum atomic E-state index is 0.246. The number of hydrogen-bond donors (Lipinski definition) is 1. The second-order valence-electron chi connectivity index (χ2n) is 7.06.